The SMILES string of the molecule is CC(=O)/C(=N/Nc1cccc(Cl)c1C)Sc1nnnn1-c1ccccc1. The number of benzene rings is 2. The Morgan fingerprint density at radius 2 is 1.96 bits per heavy atom. The second-order valence-electron chi connectivity index (χ2n) is 5.31. The van der Waals surface area contributed by atoms with Crippen LogP contribution in [0.2, 0.25) is 5.02 Å². The molecule has 3 aromatic rings. The van der Waals surface area contributed by atoms with Gasteiger partial charge in [-0.15, -0.1) is 5.10 Å². The molecule has 0 spiro atoms. The Labute approximate surface area is 159 Å². The second-order valence-corrected chi connectivity index (χ2v) is 6.67. The number of ketones is 1. The first kappa shape index (κ1) is 18.1. The Morgan fingerprint density at radius 3 is 2.69 bits per heavy atom. The summed E-state index contributed by atoms with van der Waals surface area (Å²) in [4.78, 5) is 12.0. The molecule has 0 amide bonds. The zero-order chi connectivity index (χ0) is 18.5. The van der Waals surface area contributed by atoms with Gasteiger partial charge in [0.25, 0.3) is 0 Å². The summed E-state index contributed by atoms with van der Waals surface area (Å²) in [5.41, 5.74) is 5.25. The molecule has 7 nitrogen and oxygen atoms in total. The molecule has 0 aliphatic heterocycles. The monoisotopic (exact) mass is 386 g/mol. The van der Waals surface area contributed by atoms with Crippen LogP contribution in [0.4, 0.5) is 5.69 Å². The second kappa shape index (κ2) is 8.11. The van der Waals surface area contributed by atoms with Crippen LogP contribution in [0, 0.1) is 6.92 Å². The van der Waals surface area contributed by atoms with Gasteiger partial charge in [-0.3, -0.25) is 10.2 Å². The lowest BCUT2D eigenvalue weighted by molar-refractivity contribution is -0.110. The van der Waals surface area contributed by atoms with Crippen LogP contribution >= 0.6 is 23.4 Å². The van der Waals surface area contributed by atoms with Gasteiger partial charge in [0.2, 0.25) is 5.16 Å². The van der Waals surface area contributed by atoms with E-state index in [2.05, 4.69) is 26.1 Å². The van der Waals surface area contributed by atoms with Crippen molar-refractivity contribution in [3.05, 3.63) is 59.1 Å². The van der Waals surface area contributed by atoms with Crippen molar-refractivity contribution in [1.82, 2.24) is 20.2 Å². The van der Waals surface area contributed by atoms with Gasteiger partial charge in [0.1, 0.15) is 0 Å². The largest absolute Gasteiger partial charge is 0.292 e. The van der Waals surface area contributed by atoms with Gasteiger partial charge < -0.3 is 0 Å². The van der Waals surface area contributed by atoms with Gasteiger partial charge in [-0.1, -0.05) is 35.9 Å². The molecule has 0 radical (unpaired) electrons. The van der Waals surface area contributed by atoms with E-state index < -0.39 is 0 Å². The fourth-order valence-electron chi connectivity index (χ4n) is 2.07. The number of aromatic nitrogens is 4. The highest BCUT2D eigenvalue weighted by Gasteiger charge is 2.16. The highest BCUT2D eigenvalue weighted by atomic mass is 35.5. The number of para-hydroxylation sites is 1. The van der Waals surface area contributed by atoms with Gasteiger partial charge in [-0.2, -0.15) is 9.78 Å². The topological polar surface area (TPSA) is 85.1 Å². The van der Waals surface area contributed by atoms with Gasteiger partial charge in [-0.05, 0) is 58.9 Å². The molecule has 3 rings (SSSR count). The highest BCUT2D eigenvalue weighted by molar-refractivity contribution is 8.15. The number of tetrazole rings is 1. The maximum absolute atomic E-state index is 12.0. The van der Waals surface area contributed by atoms with E-state index in [-0.39, 0.29) is 10.8 Å². The van der Waals surface area contributed by atoms with E-state index in [4.69, 9.17) is 11.6 Å². The first-order chi connectivity index (χ1) is 12.6. The number of anilines is 1. The summed E-state index contributed by atoms with van der Waals surface area (Å²) in [6.45, 7) is 3.31. The molecule has 1 aromatic heterocycles. The van der Waals surface area contributed by atoms with Gasteiger partial charge in [0.15, 0.2) is 10.8 Å². The molecular formula is C17H15ClN6OS. The van der Waals surface area contributed by atoms with Gasteiger partial charge in [0, 0.05) is 11.9 Å². The molecule has 1 N–H and O–H groups in total. The lowest BCUT2D eigenvalue weighted by Gasteiger charge is -2.08. The maximum atomic E-state index is 12.0. The summed E-state index contributed by atoms with van der Waals surface area (Å²) in [6, 6.07) is 14.9. The molecule has 2 aromatic carbocycles. The first-order valence-electron chi connectivity index (χ1n) is 7.67. The summed E-state index contributed by atoms with van der Waals surface area (Å²) in [5, 5.41) is 17.2. The number of thioether (sulfide) groups is 1. The van der Waals surface area contributed by atoms with Crippen molar-refractivity contribution in [3.8, 4) is 5.69 Å². The number of hydrogen-bond acceptors (Lipinski definition) is 7. The summed E-state index contributed by atoms with van der Waals surface area (Å²) in [5.74, 6) is -0.204. The number of nitrogens with zero attached hydrogens (tertiary/aromatic N) is 5. The Morgan fingerprint density at radius 1 is 1.19 bits per heavy atom. The normalized spacial score (nSPS) is 11.4. The first-order valence-corrected chi connectivity index (χ1v) is 8.87. The minimum absolute atomic E-state index is 0.204. The van der Waals surface area contributed by atoms with Crippen LogP contribution in [0.3, 0.4) is 0 Å². The van der Waals surface area contributed by atoms with Crippen LogP contribution in [0.1, 0.15) is 12.5 Å². The summed E-state index contributed by atoms with van der Waals surface area (Å²) in [6.07, 6.45) is 0. The summed E-state index contributed by atoms with van der Waals surface area (Å²) in [7, 11) is 0. The summed E-state index contributed by atoms with van der Waals surface area (Å²) >= 11 is 7.19. The van der Waals surface area contributed by atoms with Crippen LogP contribution < -0.4 is 5.43 Å². The third-order valence-electron chi connectivity index (χ3n) is 3.48. The van der Waals surface area contributed by atoms with Crippen LogP contribution in [0.15, 0.2) is 58.8 Å². The van der Waals surface area contributed by atoms with E-state index in [1.165, 1.54) is 6.92 Å². The molecule has 1 heterocycles. The number of halogens is 1. The van der Waals surface area contributed by atoms with Crippen LogP contribution in [0.25, 0.3) is 5.69 Å². The molecule has 0 unspecified atom stereocenters. The van der Waals surface area contributed by atoms with E-state index in [1.807, 2.05) is 49.4 Å². The molecule has 132 valence electrons. The minimum Gasteiger partial charge on any atom is -0.292 e. The van der Waals surface area contributed by atoms with E-state index >= 15 is 0 Å². The zero-order valence-electron chi connectivity index (χ0n) is 14.0. The molecular weight excluding hydrogens is 372 g/mol. The van der Waals surface area contributed by atoms with E-state index in [0.717, 1.165) is 28.7 Å². The van der Waals surface area contributed by atoms with E-state index in [1.54, 1.807) is 10.7 Å². The predicted octanol–water partition coefficient (Wildman–Crippen LogP) is 3.73. The van der Waals surface area contributed by atoms with Gasteiger partial charge in [-0.25, -0.2) is 0 Å². The molecule has 0 saturated heterocycles. The number of hydrazone groups is 1. The van der Waals surface area contributed by atoms with Crippen LogP contribution in [-0.2, 0) is 4.79 Å². The number of Topliss-reactive ketones (excluding diaryl/α,β-unsaturated/α-hetero) is 1. The van der Waals surface area contributed by atoms with Gasteiger partial charge >= 0.3 is 0 Å². The predicted molar refractivity (Wildman–Crippen MR) is 103 cm³/mol. The maximum Gasteiger partial charge on any atom is 0.220 e. The van der Waals surface area contributed by atoms with Gasteiger partial charge in [0.05, 0.1) is 11.4 Å². The Bertz CT molecular complexity index is 957. The average molecular weight is 387 g/mol. The number of rotatable bonds is 5. The number of carbonyl (C=O) groups is 1. The third kappa shape index (κ3) is 4.09. The Balaban J connectivity index is 1.85. The van der Waals surface area contributed by atoms with Crippen molar-refractivity contribution in [2.45, 2.75) is 19.0 Å². The molecule has 9 heteroatoms. The third-order valence-corrected chi connectivity index (χ3v) is 4.90. The van der Waals surface area contributed by atoms with Crippen LogP contribution in [0.5, 0.6) is 0 Å². The standard InChI is InChI=1S/C17H15ClN6OS/c1-11-14(18)9-6-10-15(11)19-20-16(12(2)25)26-17-21-22-23-24(17)13-7-4-3-5-8-13/h3-10,19H,1-2H3/b20-16-. The zero-order valence-corrected chi connectivity index (χ0v) is 15.6. The summed E-state index contributed by atoms with van der Waals surface area (Å²) < 4.78 is 1.55. The minimum atomic E-state index is -0.204. The quantitative estimate of drug-likeness (QED) is 0.311. The lowest BCUT2D eigenvalue weighted by Crippen LogP contribution is -2.10. The Hall–Kier alpha value is -2.71. The number of hydrogen-bond donors (Lipinski definition) is 1. The van der Waals surface area contributed by atoms with Crippen molar-refractivity contribution >= 4 is 39.9 Å². The van der Waals surface area contributed by atoms with Crippen LogP contribution in [-0.4, -0.2) is 31.0 Å². The molecule has 0 aliphatic carbocycles. The van der Waals surface area contributed by atoms with E-state index in [0.29, 0.717) is 10.2 Å². The molecule has 0 saturated carbocycles. The molecule has 26 heavy (non-hydrogen) atoms. The highest BCUT2D eigenvalue weighted by Crippen LogP contribution is 2.24. The fraction of sp³-hybridized carbons (Fsp3) is 0.118. The lowest BCUT2D eigenvalue weighted by atomic mass is 10.2. The average Bonchev–Trinajstić information content (AvgIpc) is 3.10. The van der Waals surface area contributed by atoms with E-state index in [9.17, 15) is 4.79 Å². The Kier molecular flexibility index (Phi) is 5.65. The molecule has 0 aliphatic rings. The molecule has 0 atom stereocenters. The van der Waals surface area contributed by atoms with Crippen molar-refractivity contribution in [3.63, 3.8) is 0 Å². The molecule has 0 bridgehead atoms. The number of carbonyl (C=O) groups excluding carboxylic acids is 1. The van der Waals surface area contributed by atoms with Crippen molar-refractivity contribution in [1.29, 1.82) is 0 Å². The fourth-order valence-corrected chi connectivity index (χ4v) is 2.96. The number of nitrogens with one attached hydrogen (secondary N) is 1. The van der Waals surface area contributed by atoms with Crippen molar-refractivity contribution in [2.75, 3.05) is 5.43 Å². The van der Waals surface area contributed by atoms with Crippen molar-refractivity contribution in [2.24, 2.45) is 5.10 Å². The van der Waals surface area contributed by atoms with Crippen molar-refractivity contribution < 1.29 is 4.79 Å². The smallest absolute Gasteiger partial charge is 0.220 e. The molecule has 0 fully saturated rings.